The predicted molar refractivity (Wildman–Crippen MR) is 113 cm³/mol. The maximum atomic E-state index is 13.0. The molecule has 1 aromatic heterocycles. The van der Waals surface area contributed by atoms with Gasteiger partial charge >= 0.3 is 12.1 Å². The summed E-state index contributed by atoms with van der Waals surface area (Å²) in [6.45, 7) is 11.5. The highest BCUT2D eigenvalue weighted by atomic mass is 28.3. The fourth-order valence-corrected chi connectivity index (χ4v) is 4.29. The van der Waals surface area contributed by atoms with Crippen LogP contribution in [0.1, 0.15) is 26.3 Å². The number of hydrogen-bond donors (Lipinski definition) is 2. The van der Waals surface area contributed by atoms with E-state index in [1.165, 1.54) is 11.9 Å². The van der Waals surface area contributed by atoms with Crippen molar-refractivity contribution >= 4 is 26.0 Å². The Kier molecular flexibility index (Phi) is 8.37. The third-order valence-corrected chi connectivity index (χ3v) is 5.65. The van der Waals surface area contributed by atoms with E-state index in [9.17, 15) is 19.5 Å². The zero-order valence-corrected chi connectivity index (χ0v) is 19.4. The summed E-state index contributed by atoms with van der Waals surface area (Å²) < 4.78 is 5.39. The second kappa shape index (κ2) is 9.86. The molecule has 29 heavy (non-hydrogen) atoms. The number of carbonyl (C=O) groups excluding carboxylic acids is 2. The highest BCUT2D eigenvalue weighted by Crippen LogP contribution is 2.19. The normalized spacial score (nSPS) is 13.9. The molecule has 0 saturated heterocycles. The Balaban J connectivity index is 3.02. The summed E-state index contributed by atoms with van der Waals surface area (Å²) in [5, 5.41) is 12.2. The lowest BCUT2D eigenvalue weighted by Crippen LogP contribution is -2.55. The van der Waals surface area contributed by atoms with E-state index in [-0.39, 0.29) is 6.42 Å². The summed E-state index contributed by atoms with van der Waals surface area (Å²) >= 11 is 0. The number of aliphatic carboxylic acids is 1. The van der Waals surface area contributed by atoms with Crippen LogP contribution in [0.4, 0.5) is 4.79 Å². The van der Waals surface area contributed by atoms with E-state index < -0.39 is 43.7 Å². The lowest BCUT2D eigenvalue weighted by atomic mass is 10.1. The number of nitrogens with zero attached hydrogens (tertiary/aromatic N) is 2. The summed E-state index contributed by atoms with van der Waals surface area (Å²) in [5.74, 6) is -1.65. The molecule has 1 rings (SSSR count). The van der Waals surface area contributed by atoms with Gasteiger partial charge < -0.3 is 15.2 Å². The molecule has 0 aliphatic rings. The standard InChI is InChI=1S/C20H33N3O5Si/c1-20(2,3)28-19(27)23(4)16(13-29(5,6)7)17(24)22-15(18(25)26)11-14-9-8-10-21-12-14/h8-10,12,15-16H,11,13H2,1-7H3,(H,22,24)(H,25,26)/t15-,16+/m0/s1. The van der Waals surface area contributed by atoms with Crippen LogP contribution in [0.15, 0.2) is 24.5 Å². The van der Waals surface area contributed by atoms with Crippen LogP contribution in [0, 0.1) is 0 Å². The molecule has 0 aliphatic heterocycles. The van der Waals surface area contributed by atoms with Crippen molar-refractivity contribution in [2.24, 2.45) is 0 Å². The minimum Gasteiger partial charge on any atom is -0.480 e. The molecule has 9 heteroatoms. The number of ether oxygens (including phenoxy) is 1. The minimum absolute atomic E-state index is 0.102. The quantitative estimate of drug-likeness (QED) is 0.622. The molecule has 1 aromatic rings. The Morgan fingerprint density at radius 1 is 1.28 bits per heavy atom. The molecule has 0 unspecified atom stereocenters. The smallest absolute Gasteiger partial charge is 0.410 e. The van der Waals surface area contributed by atoms with Crippen molar-refractivity contribution in [2.45, 2.75) is 70.6 Å². The van der Waals surface area contributed by atoms with Crippen molar-refractivity contribution < 1.29 is 24.2 Å². The van der Waals surface area contributed by atoms with Crippen LogP contribution in [-0.4, -0.2) is 65.8 Å². The van der Waals surface area contributed by atoms with Gasteiger partial charge in [0, 0.05) is 33.9 Å². The zero-order valence-electron chi connectivity index (χ0n) is 18.4. The topological polar surface area (TPSA) is 109 Å². The van der Waals surface area contributed by atoms with Crippen molar-refractivity contribution in [3.8, 4) is 0 Å². The average molecular weight is 424 g/mol. The lowest BCUT2D eigenvalue weighted by molar-refractivity contribution is -0.142. The fourth-order valence-electron chi connectivity index (χ4n) is 2.67. The van der Waals surface area contributed by atoms with E-state index in [1.54, 1.807) is 45.3 Å². The van der Waals surface area contributed by atoms with Gasteiger partial charge in [-0.05, 0) is 38.4 Å². The molecule has 0 bridgehead atoms. The summed E-state index contributed by atoms with van der Waals surface area (Å²) in [5.41, 5.74) is -0.00226. The summed E-state index contributed by atoms with van der Waals surface area (Å²) in [4.78, 5) is 42.5. The van der Waals surface area contributed by atoms with Crippen LogP contribution in [0.5, 0.6) is 0 Å². The number of aromatic nitrogens is 1. The second-order valence-electron chi connectivity index (χ2n) is 9.34. The Morgan fingerprint density at radius 3 is 2.34 bits per heavy atom. The number of carboxylic acids is 1. The largest absolute Gasteiger partial charge is 0.480 e. The number of carbonyl (C=O) groups is 3. The maximum absolute atomic E-state index is 13.0. The molecule has 0 spiro atoms. The molecule has 162 valence electrons. The van der Waals surface area contributed by atoms with Gasteiger partial charge in [0.25, 0.3) is 0 Å². The third kappa shape index (κ3) is 9.08. The van der Waals surface area contributed by atoms with E-state index in [0.717, 1.165) is 0 Å². The lowest BCUT2D eigenvalue weighted by Gasteiger charge is -2.33. The van der Waals surface area contributed by atoms with Crippen LogP contribution in [0.25, 0.3) is 0 Å². The highest BCUT2D eigenvalue weighted by molar-refractivity contribution is 6.76. The van der Waals surface area contributed by atoms with Gasteiger partial charge in [0.05, 0.1) is 0 Å². The monoisotopic (exact) mass is 423 g/mol. The predicted octanol–water partition coefficient (Wildman–Crippen LogP) is 2.77. The molecular formula is C20H33N3O5Si. The summed E-state index contributed by atoms with van der Waals surface area (Å²) in [6, 6.07) is 2.01. The van der Waals surface area contributed by atoms with Gasteiger partial charge in [-0.1, -0.05) is 25.7 Å². The first-order valence-electron chi connectivity index (χ1n) is 9.57. The van der Waals surface area contributed by atoms with Crippen LogP contribution >= 0.6 is 0 Å². The minimum atomic E-state index is -1.77. The van der Waals surface area contributed by atoms with E-state index in [1.807, 2.05) is 0 Å². The van der Waals surface area contributed by atoms with Gasteiger partial charge in [0.15, 0.2) is 0 Å². The molecule has 0 fully saturated rings. The van der Waals surface area contributed by atoms with Crippen molar-refractivity contribution in [3.05, 3.63) is 30.1 Å². The summed E-state index contributed by atoms with van der Waals surface area (Å²) in [6.07, 6.45) is 2.65. The molecule has 0 aliphatic carbocycles. The fraction of sp³-hybridized carbons (Fsp3) is 0.600. The van der Waals surface area contributed by atoms with Gasteiger partial charge in [-0.25, -0.2) is 9.59 Å². The van der Waals surface area contributed by atoms with Crippen molar-refractivity contribution in [1.82, 2.24) is 15.2 Å². The average Bonchev–Trinajstić information content (AvgIpc) is 2.57. The number of likely N-dealkylation sites (N-methyl/N-ethyl adjacent to an activating group) is 1. The highest BCUT2D eigenvalue weighted by Gasteiger charge is 2.35. The number of pyridine rings is 1. The maximum Gasteiger partial charge on any atom is 0.410 e. The number of amides is 2. The van der Waals surface area contributed by atoms with Crippen LogP contribution in [-0.2, 0) is 20.7 Å². The third-order valence-electron chi connectivity index (χ3n) is 4.03. The Labute approximate surface area is 173 Å². The number of nitrogens with one attached hydrogen (secondary N) is 1. The second-order valence-corrected chi connectivity index (χ2v) is 14.9. The molecule has 2 amide bonds. The Hall–Kier alpha value is -2.42. The first-order valence-corrected chi connectivity index (χ1v) is 13.3. The van der Waals surface area contributed by atoms with Gasteiger partial charge in [-0.2, -0.15) is 0 Å². The van der Waals surface area contributed by atoms with Crippen molar-refractivity contribution in [1.29, 1.82) is 0 Å². The van der Waals surface area contributed by atoms with E-state index >= 15 is 0 Å². The van der Waals surface area contributed by atoms with E-state index in [2.05, 4.69) is 29.9 Å². The molecule has 0 aromatic carbocycles. The number of hydrogen-bond acceptors (Lipinski definition) is 5. The Morgan fingerprint density at radius 2 is 1.90 bits per heavy atom. The molecular weight excluding hydrogens is 390 g/mol. The van der Waals surface area contributed by atoms with Gasteiger partial charge in [0.2, 0.25) is 5.91 Å². The number of rotatable bonds is 8. The van der Waals surface area contributed by atoms with Crippen LogP contribution < -0.4 is 5.32 Å². The molecule has 8 nitrogen and oxygen atoms in total. The first-order chi connectivity index (χ1) is 13.2. The SMILES string of the molecule is CN(C(=O)OC(C)(C)C)[C@H](C[Si](C)(C)C)C(=O)N[C@@H](Cc1cccnc1)C(=O)O. The van der Waals surface area contributed by atoms with E-state index in [0.29, 0.717) is 11.6 Å². The Bertz CT molecular complexity index is 713. The van der Waals surface area contributed by atoms with Gasteiger partial charge in [0.1, 0.15) is 17.7 Å². The molecule has 2 atom stereocenters. The molecule has 2 N–H and O–H groups in total. The van der Waals surface area contributed by atoms with Gasteiger partial charge in [-0.3, -0.25) is 14.7 Å². The molecule has 0 radical (unpaired) electrons. The van der Waals surface area contributed by atoms with Crippen molar-refractivity contribution in [2.75, 3.05) is 7.05 Å². The first kappa shape index (κ1) is 24.6. The van der Waals surface area contributed by atoms with Crippen LogP contribution in [0.3, 0.4) is 0 Å². The number of carboxylic acid groups (broad SMARTS) is 1. The zero-order chi connectivity index (χ0) is 22.4. The van der Waals surface area contributed by atoms with E-state index in [4.69, 9.17) is 4.74 Å². The molecule has 0 saturated carbocycles. The van der Waals surface area contributed by atoms with Gasteiger partial charge in [-0.15, -0.1) is 0 Å². The molecule has 1 heterocycles. The van der Waals surface area contributed by atoms with Crippen LogP contribution in [0.2, 0.25) is 25.7 Å². The van der Waals surface area contributed by atoms with Crippen molar-refractivity contribution in [3.63, 3.8) is 0 Å². The summed E-state index contributed by atoms with van der Waals surface area (Å²) in [7, 11) is -0.261.